The molecule has 1 aromatic rings. The van der Waals surface area contributed by atoms with E-state index in [9.17, 15) is 4.79 Å². The molecule has 1 N–H and O–H groups in total. The maximum atomic E-state index is 11.3. The van der Waals surface area contributed by atoms with E-state index in [1.807, 2.05) is 6.07 Å². The topological polar surface area (TPSA) is 32.3 Å². The summed E-state index contributed by atoms with van der Waals surface area (Å²) < 4.78 is 0. The Bertz CT molecular complexity index is 349. The second-order valence-corrected chi connectivity index (χ2v) is 4.89. The Hall–Kier alpha value is -1.35. The van der Waals surface area contributed by atoms with Crippen molar-refractivity contribution in [1.29, 1.82) is 0 Å². The Morgan fingerprint density at radius 2 is 1.89 bits per heavy atom. The molecule has 1 rings (SSSR count). The molecule has 0 radical (unpaired) electrons. The predicted octanol–water partition coefficient (Wildman–Crippen LogP) is 2.25. The summed E-state index contributed by atoms with van der Waals surface area (Å²) in [6.45, 7) is 3.96. The van der Waals surface area contributed by atoms with Gasteiger partial charge in [0.05, 0.1) is 0 Å². The van der Waals surface area contributed by atoms with Crippen molar-refractivity contribution in [2.24, 2.45) is 0 Å². The normalized spacial score (nSPS) is 12.2. The molecule has 0 aromatic heterocycles. The summed E-state index contributed by atoms with van der Waals surface area (Å²) in [6, 6.07) is 10.5. The van der Waals surface area contributed by atoms with Crippen LogP contribution in [0.1, 0.15) is 31.2 Å². The molecule has 0 aliphatic rings. The Labute approximate surface area is 110 Å². The van der Waals surface area contributed by atoms with Crippen molar-refractivity contribution in [3.8, 4) is 0 Å². The van der Waals surface area contributed by atoms with E-state index in [1.165, 1.54) is 5.56 Å². The van der Waals surface area contributed by atoms with Crippen molar-refractivity contribution in [3.63, 3.8) is 0 Å². The molecule has 0 heterocycles. The molecule has 0 fully saturated rings. The number of amides is 1. The van der Waals surface area contributed by atoms with Gasteiger partial charge in [-0.05, 0) is 24.4 Å². The molecule has 0 aliphatic carbocycles. The van der Waals surface area contributed by atoms with E-state index >= 15 is 0 Å². The zero-order valence-electron chi connectivity index (χ0n) is 11.6. The second-order valence-electron chi connectivity index (χ2n) is 4.89. The van der Waals surface area contributed by atoms with Crippen molar-refractivity contribution in [3.05, 3.63) is 35.9 Å². The molecule has 1 amide bonds. The van der Waals surface area contributed by atoms with Gasteiger partial charge in [-0.3, -0.25) is 4.79 Å². The van der Waals surface area contributed by atoms with Crippen LogP contribution < -0.4 is 5.32 Å². The number of rotatable bonds is 7. The molecule has 1 atom stereocenters. The Morgan fingerprint density at radius 1 is 1.22 bits per heavy atom. The maximum Gasteiger partial charge on any atom is 0.223 e. The van der Waals surface area contributed by atoms with Crippen LogP contribution in [0, 0.1) is 0 Å². The molecule has 0 saturated carbocycles. The number of nitrogens with one attached hydrogen (secondary N) is 1. The predicted molar refractivity (Wildman–Crippen MR) is 75.7 cm³/mol. The molecule has 3 heteroatoms. The molecule has 100 valence electrons. The summed E-state index contributed by atoms with van der Waals surface area (Å²) in [7, 11) is 3.58. The van der Waals surface area contributed by atoms with Crippen molar-refractivity contribution in [2.45, 2.75) is 25.7 Å². The average Bonchev–Trinajstić information content (AvgIpc) is 2.38. The fraction of sp³-hybridized carbons (Fsp3) is 0.533. The van der Waals surface area contributed by atoms with Gasteiger partial charge in [0.2, 0.25) is 5.91 Å². The molecule has 3 nitrogen and oxygen atoms in total. The Kier molecular flexibility index (Phi) is 6.44. The van der Waals surface area contributed by atoms with Gasteiger partial charge >= 0.3 is 0 Å². The van der Waals surface area contributed by atoms with Gasteiger partial charge in [-0.25, -0.2) is 0 Å². The van der Waals surface area contributed by atoms with Gasteiger partial charge in [0, 0.05) is 27.1 Å². The van der Waals surface area contributed by atoms with E-state index in [0.717, 1.165) is 19.5 Å². The summed E-state index contributed by atoms with van der Waals surface area (Å²) in [5.74, 6) is 0.738. The molecule has 0 aliphatic heterocycles. The molecule has 0 bridgehead atoms. The fourth-order valence-corrected chi connectivity index (χ4v) is 1.81. The summed E-state index contributed by atoms with van der Waals surface area (Å²) >= 11 is 0. The lowest BCUT2D eigenvalue weighted by Gasteiger charge is -2.13. The molecule has 1 aromatic carbocycles. The first-order valence-corrected chi connectivity index (χ1v) is 6.57. The third-order valence-electron chi connectivity index (χ3n) is 3.14. The lowest BCUT2D eigenvalue weighted by atomic mass is 9.98. The third-order valence-corrected chi connectivity index (χ3v) is 3.14. The first-order chi connectivity index (χ1) is 8.61. The maximum absolute atomic E-state index is 11.3. The lowest BCUT2D eigenvalue weighted by Crippen LogP contribution is -2.27. The van der Waals surface area contributed by atoms with E-state index in [-0.39, 0.29) is 5.91 Å². The highest BCUT2D eigenvalue weighted by molar-refractivity contribution is 5.75. The van der Waals surface area contributed by atoms with E-state index in [1.54, 1.807) is 19.0 Å². The quantitative estimate of drug-likeness (QED) is 0.751. The zero-order chi connectivity index (χ0) is 13.4. The number of benzene rings is 1. The standard InChI is InChI=1S/C15H24N2O/c1-13(14-7-5-4-6-8-14)9-11-16-12-10-15(18)17(2)3/h4-8,13,16H,9-12H2,1-3H3. The minimum Gasteiger partial charge on any atom is -0.349 e. The smallest absolute Gasteiger partial charge is 0.223 e. The average molecular weight is 248 g/mol. The highest BCUT2D eigenvalue weighted by Gasteiger charge is 2.05. The van der Waals surface area contributed by atoms with Crippen LogP contribution in [-0.2, 0) is 4.79 Å². The van der Waals surface area contributed by atoms with Gasteiger partial charge in [0.15, 0.2) is 0 Å². The van der Waals surface area contributed by atoms with Crippen LogP contribution in [0.3, 0.4) is 0 Å². The highest BCUT2D eigenvalue weighted by Crippen LogP contribution is 2.17. The molecular formula is C15H24N2O. The van der Waals surface area contributed by atoms with E-state index in [0.29, 0.717) is 12.3 Å². The molecule has 18 heavy (non-hydrogen) atoms. The first-order valence-electron chi connectivity index (χ1n) is 6.57. The minimum absolute atomic E-state index is 0.179. The summed E-state index contributed by atoms with van der Waals surface area (Å²) in [5.41, 5.74) is 1.38. The van der Waals surface area contributed by atoms with Crippen LogP contribution in [0.2, 0.25) is 0 Å². The summed E-state index contributed by atoms with van der Waals surface area (Å²) in [4.78, 5) is 13.0. The van der Waals surface area contributed by atoms with Crippen LogP contribution in [0.25, 0.3) is 0 Å². The molecule has 0 spiro atoms. The third kappa shape index (κ3) is 5.32. The van der Waals surface area contributed by atoms with E-state index in [2.05, 4.69) is 36.5 Å². The van der Waals surface area contributed by atoms with E-state index < -0.39 is 0 Å². The van der Waals surface area contributed by atoms with Gasteiger partial charge in [0.1, 0.15) is 0 Å². The van der Waals surface area contributed by atoms with Crippen LogP contribution in [0.5, 0.6) is 0 Å². The van der Waals surface area contributed by atoms with Gasteiger partial charge < -0.3 is 10.2 Å². The molecule has 1 unspecified atom stereocenters. The molecule has 0 saturated heterocycles. The van der Waals surface area contributed by atoms with Gasteiger partial charge in [0.25, 0.3) is 0 Å². The lowest BCUT2D eigenvalue weighted by molar-refractivity contribution is -0.128. The van der Waals surface area contributed by atoms with Crippen molar-refractivity contribution in [2.75, 3.05) is 27.2 Å². The fourth-order valence-electron chi connectivity index (χ4n) is 1.81. The minimum atomic E-state index is 0.179. The first kappa shape index (κ1) is 14.7. The van der Waals surface area contributed by atoms with Gasteiger partial charge in [-0.2, -0.15) is 0 Å². The second kappa shape index (κ2) is 7.88. The van der Waals surface area contributed by atoms with E-state index in [4.69, 9.17) is 0 Å². The van der Waals surface area contributed by atoms with Crippen molar-refractivity contribution < 1.29 is 4.79 Å². The molecular weight excluding hydrogens is 224 g/mol. The van der Waals surface area contributed by atoms with Crippen molar-refractivity contribution in [1.82, 2.24) is 10.2 Å². The number of nitrogens with zero attached hydrogens (tertiary/aromatic N) is 1. The van der Waals surface area contributed by atoms with Crippen LogP contribution in [0.4, 0.5) is 0 Å². The van der Waals surface area contributed by atoms with Crippen LogP contribution in [-0.4, -0.2) is 38.0 Å². The number of carbonyl (C=O) groups excluding carboxylic acids is 1. The monoisotopic (exact) mass is 248 g/mol. The summed E-state index contributed by atoms with van der Waals surface area (Å²) in [6.07, 6.45) is 1.67. The summed E-state index contributed by atoms with van der Waals surface area (Å²) in [5, 5.41) is 3.32. The van der Waals surface area contributed by atoms with Crippen molar-refractivity contribution >= 4 is 5.91 Å². The van der Waals surface area contributed by atoms with Crippen LogP contribution in [0.15, 0.2) is 30.3 Å². The Morgan fingerprint density at radius 3 is 2.50 bits per heavy atom. The zero-order valence-corrected chi connectivity index (χ0v) is 11.6. The number of hydrogen-bond acceptors (Lipinski definition) is 2. The van der Waals surface area contributed by atoms with Gasteiger partial charge in [-0.15, -0.1) is 0 Å². The van der Waals surface area contributed by atoms with Crippen LogP contribution >= 0.6 is 0 Å². The Balaban J connectivity index is 2.13. The number of carbonyl (C=O) groups is 1. The largest absolute Gasteiger partial charge is 0.349 e. The SMILES string of the molecule is CC(CCNCCC(=O)N(C)C)c1ccccc1. The highest BCUT2D eigenvalue weighted by atomic mass is 16.2. The van der Waals surface area contributed by atoms with Gasteiger partial charge in [-0.1, -0.05) is 37.3 Å². The number of hydrogen-bond donors (Lipinski definition) is 1.